The van der Waals surface area contributed by atoms with Gasteiger partial charge >= 0.3 is 0 Å². The van der Waals surface area contributed by atoms with Crippen LogP contribution in [0.5, 0.6) is 0 Å². The summed E-state index contributed by atoms with van der Waals surface area (Å²) in [6, 6.07) is 12.6. The maximum Gasteiger partial charge on any atom is 0.0994 e. The summed E-state index contributed by atoms with van der Waals surface area (Å²) >= 11 is 3.48. The van der Waals surface area contributed by atoms with Gasteiger partial charge in [-0.1, -0.05) is 28.1 Å². The predicted octanol–water partition coefficient (Wildman–Crippen LogP) is 3.25. The van der Waals surface area contributed by atoms with Gasteiger partial charge in [0, 0.05) is 22.9 Å². The average Bonchev–Trinajstić information content (AvgIpc) is 2.86. The van der Waals surface area contributed by atoms with Crippen LogP contribution in [0, 0.1) is 0 Å². The molecule has 0 saturated heterocycles. The lowest BCUT2D eigenvalue weighted by Gasteiger charge is -2.08. The normalized spacial score (nSPS) is 11.0. The SMILES string of the molecule is NCc1cncn1-c1ccc2cc(Br)ccc2c1. The smallest absolute Gasteiger partial charge is 0.0994 e. The van der Waals surface area contributed by atoms with Crippen LogP contribution in [0.3, 0.4) is 0 Å². The van der Waals surface area contributed by atoms with Gasteiger partial charge in [-0.05, 0) is 35.0 Å². The monoisotopic (exact) mass is 301 g/mol. The molecule has 0 aliphatic rings. The van der Waals surface area contributed by atoms with Gasteiger partial charge in [0.25, 0.3) is 0 Å². The van der Waals surface area contributed by atoms with Gasteiger partial charge in [-0.25, -0.2) is 4.98 Å². The van der Waals surface area contributed by atoms with E-state index in [1.54, 1.807) is 12.5 Å². The molecule has 3 aromatic rings. The molecule has 1 heterocycles. The number of nitrogens with zero attached hydrogens (tertiary/aromatic N) is 2. The highest BCUT2D eigenvalue weighted by Gasteiger charge is 2.03. The molecule has 0 aliphatic heterocycles. The Kier molecular flexibility index (Phi) is 2.89. The standard InChI is InChI=1S/C14H12BrN3/c15-12-3-1-11-6-13(4-2-10(11)5-12)18-9-17-8-14(18)7-16/h1-6,8-9H,7,16H2. The number of hydrogen-bond donors (Lipinski definition) is 1. The zero-order valence-electron chi connectivity index (χ0n) is 9.68. The van der Waals surface area contributed by atoms with Crippen LogP contribution in [0.4, 0.5) is 0 Å². The fraction of sp³-hybridized carbons (Fsp3) is 0.0714. The lowest BCUT2D eigenvalue weighted by molar-refractivity contribution is 0.911. The van der Waals surface area contributed by atoms with E-state index in [0.29, 0.717) is 6.54 Å². The van der Waals surface area contributed by atoms with Crippen LogP contribution in [0.15, 0.2) is 53.4 Å². The highest BCUT2D eigenvalue weighted by Crippen LogP contribution is 2.23. The molecule has 2 N–H and O–H groups in total. The number of rotatable bonds is 2. The molecule has 1 aromatic heterocycles. The van der Waals surface area contributed by atoms with Gasteiger partial charge in [-0.2, -0.15) is 0 Å². The van der Waals surface area contributed by atoms with Crippen LogP contribution < -0.4 is 5.73 Å². The lowest BCUT2D eigenvalue weighted by Crippen LogP contribution is -2.04. The van der Waals surface area contributed by atoms with Crippen LogP contribution in [0.25, 0.3) is 16.5 Å². The highest BCUT2D eigenvalue weighted by molar-refractivity contribution is 9.10. The minimum atomic E-state index is 0.484. The Labute approximate surface area is 113 Å². The van der Waals surface area contributed by atoms with Crippen molar-refractivity contribution >= 4 is 26.7 Å². The number of fused-ring (bicyclic) bond motifs is 1. The molecule has 4 heteroatoms. The minimum Gasteiger partial charge on any atom is -0.325 e. The summed E-state index contributed by atoms with van der Waals surface area (Å²) in [5.74, 6) is 0. The molecule has 2 aromatic carbocycles. The van der Waals surface area contributed by atoms with Gasteiger partial charge in [0.05, 0.1) is 12.0 Å². The maximum atomic E-state index is 5.70. The van der Waals surface area contributed by atoms with E-state index in [-0.39, 0.29) is 0 Å². The summed E-state index contributed by atoms with van der Waals surface area (Å²) in [6.45, 7) is 0.484. The lowest BCUT2D eigenvalue weighted by atomic mass is 10.1. The number of hydrogen-bond acceptors (Lipinski definition) is 2. The molecule has 0 radical (unpaired) electrons. The van der Waals surface area contributed by atoms with Crippen molar-refractivity contribution in [2.24, 2.45) is 5.73 Å². The van der Waals surface area contributed by atoms with Crippen LogP contribution >= 0.6 is 15.9 Å². The maximum absolute atomic E-state index is 5.70. The molecule has 0 spiro atoms. The molecule has 0 aliphatic carbocycles. The number of aromatic nitrogens is 2. The van der Waals surface area contributed by atoms with Gasteiger partial charge in [-0.15, -0.1) is 0 Å². The third-order valence-corrected chi connectivity index (χ3v) is 3.48. The second kappa shape index (κ2) is 4.55. The second-order valence-electron chi connectivity index (χ2n) is 4.13. The number of benzene rings is 2. The van der Waals surface area contributed by atoms with E-state index < -0.39 is 0 Å². The predicted molar refractivity (Wildman–Crippen MR) is 76.7 cm³/mol. The third-order valence-electron chi connectivity index (χ3n) is 2.99. The summed E-state index contributed by atoms with van der Waals surface area (Å²) in [7, 11) is 0. The van der Waals surface area contributed by atoms with Gasteiger partial charge < -0.3 is 10.3 Å². The summed E-state index contributed by atoms with van der Waals surface area (Å²) in [5, 5.41) is 2.41. The Balaban J connectivity index is 2.16. The average molecular weight is 302 g/mol. The first-order valence-electron chi connectivity index (χ1n) is 5.69. The number of nitrogens with two attached hydrogens (primary N) is 1. The largest absolute Gasteiger partial charge is 0.325 e. The number of halogens is 1. The van der Waals surface area contributed by atoms with Crippen molar-refractivity contribution in [2.45, 2.75) is 6.54 Å². The van der Waals surface area contributed by atoms with Crippen LogP contribution in [0.1, 0.15) is 5.69 Å². The van der Waals surface area contributed by atoms with E-state index >= 15 is 0 Å². The summed E-state index contributed by atoms with van der Waals surface area (Å²) < 4.78 is 3.11. The molecule has 0 fully saturated rings. The molecule has 0 atom stereocenters. The van der Waals surface area contributed by atoms with Crippen LogP contribution in [-0.2, 0) is 6.54 Å². The summed E-state index contributed by atoms with van der Waals surface area (Å²) in [4.78, 5) is 4.14. The van der Waals surface area contributed by atoms with E-state index in [0.717, 1.165) is 15.9 Å². The van der Waals surface area contributed by atoms with Crippen molar-refractivity contribution in [1.82, 2.24) is 9.55 Å². The Hall–Kier alpha value is -1.65. The van der Waals surface area contributed by atoms with Crippen molar-refractivity contribution < 1.29 is 0 Å². The van der Waals surface area contributed by atoms with Crippen LogP contribution in [0.2, 0.25) is 0 Å². The molecule has 0 amide bonds. The fourth-order valence-corrected chi connectivity index (χ4v) is 2.44. The van der Waals surface area contributed by atoms with E-state index in [9.17, 15) is 0 Å². The van der Waals surface area contributed by atoms with E-state index in [1.165, 1.54) is 10.8 Å². The summed E-state index contributed by atoms with van der Waals surface area (Å²) in [5.41, 5.74) is 7.79. The van der Waals surface area contributed by atoms with Gasteiger partial charge in [0.15, 0.2) is 0 Å². The molecule has 3 nitrogen and oxygen atoms in total. The second-order valence-corrected chi connectivity index (χ2v) is 5.05. The van der Waals surface area contributed by atoms with Crippen molar-refractivity contribution in [1.29, 1.82) is 0 Å². The zero-order valence-corrected chi connectivity index (χ0v) is 11.3. The van der Waals surface area contributed by atoms with Gasteiger partial charge in [-0.3, -0.25) is 0 Å². The molecular weight excluding hydrogens is 290 g/mol. The minimum absolute atomic E-state index is 0.484. The summed E-state index contributed by atoms with van der Waals surface area (Å²) in [6.07, 6.45) is 3.59. The Morgan fingerprint density at radius 3 is 2.72 bits per heavy atom. The first-order chi connectivity index (χ1) is 8.78. The van der Waals surface area contributed by atoms with E-state index in [4.69, 9.17) is 5.73 Å². The fourth-order valence-electron chi connectivity index (χ4n) is 2.06. The van der Waals surface area contributed by atoms with Crippen LogP contribution in [-0.4, -0.2) is 9.55 Å². The molecular formula is C14H12BrN3. The number of imidazole rings is 1. The Bertz CT molecular complexity index is 703. The molecule has 3 rings (SSSR count). The van der Waals surface area contributed by atoms with E-state index in [1.807, 2.05) is 10.6 Å². The van der Waals surface area contributed by atoms with Gasteiger partial charge in [0.2, 0.25) is 0 Å². The molecule has 0 bridgehead atoms. The van der Waals surface area contributed by atoms with Crippen molar-refractivity contribution in [3.05, 3.63) is 59.1 Å². The Morgan fingerprint density at radius 2 is 1.89 bits per heavy atom. The first kappa shape index (κ1) is 11.4. The zero-order chi connectivity index (χ0) is 12.5. The molecule has 0 saturated carbocycles. The molecule has 90 valence electrons. The Morgan fingerprint density at radius 1 is 1.11 bits per heavy atom. The topological polar surface area (TPSA) is 43.8 Å². The molecule has 0 unspecified atom stereocenters. The first-order valence-corrected chi connectivity index (χ1v) is 6.48. The van der Waals surface area contributed by atoms with E-state index in [2.05, 4.69) is 51.2 Å². The van der Waals surface area contributed by atoms with Crippen molar-refractivity contribution in [3.63, 3.8) is 0 Å². The quantitative estimate of drug-likeness (QED) is 0.789. The van der Waals surface area contributed by atoms with Gasteiger partial charge in [0.1, 0.15) is 0 Å². The molecule has 18 heavy (non-hydrogen) atoms. The third kappa shape index (κ3) is 1.94. The highest BCUT2D eigenvalue weighted by atomic mass is 79.9. The van der Waals surface area contributed by atoms with Crippen molar-refractivity contribution in [3.8, 4) is 5.69 Å². The van der Waals surface area contributed by atoms with Crippen molar-refractivity contribution in [2.75, 3.05) is 0 Å².